The Kier molecular flexibility index (Phi) is 5.42. The number of nitrogens with zero attached hydrogens (tertiary/aromatic N) is 3. The van der Waals surface area contributed by atoms with Crippen LogP contribution in [0.25, 0.3) is 0 Å². The van der Waals surface area contributed by atoms with Gasteiger partial charge in [-0.1, -0.05) is 12.1 Å². The highest BCUT2D eigenvalue weighted by atomic mass is 16.5. The molecule has 0 saturated heterocycles. The number of aryl methyl sites for hydroxylation is 1. The van der Waals surface area contributed by atoms with Gasteiger partial charge in [0.1, 0.15) is 5.75 Å². The zero-order valence-corrected chi connectivity index (χ0v) is 14.5. The van der Waals surface area contributed by atoms with Gasteiger partial charge >= 0.3 is 0 Å². The predicted octanol–water partition coefficient (Wildman–Crippen LogP) is 2.97. The number of aromatic nitrogens is 2. The van der Waals surface area contributed by atoms with Crippen LogP contribution in [0.3, 0.4) is 0 Å². The van der Waals surface area contributed by atoms with Crippen molar-refractivity contribution in [2.75, 3.05) is 7.05 Å². The van der Waals surface area contributed by atoms with E-state index in [0.29, 0.717) is 6.54 Å². The van der Waals surface area contributed by atoms with Crippen molar-refractivity contribution >= 4 is 5.91 Å². The summed E-state index contributed by atoms with van der Waals surface area (Å²) in [6.07, 6.45) is 1.85. The van der Waals surface area contributed by atoms with E-state index in [9.17, 15) is 4.79 Å². The molecule has 0 fully saturated rings. The lowest BCUT2D eigenvalue weighted by Gasteiger charge is -2.22. The molecule has 1 unspecified atom stereocenters. The van der Waals surface area contributed by atoms with Gasteiger partial charge in [-0.05, 0) is 44.5 Å². The van der Waals surface area contributed by atoms with E-state index in [2.05, 4.69) is 5.10 Å². The molecule has 0 radical (unpaired) electrons. The predicted molar refractivity (Wildman–Crippen MR) is 90.3 cm³/mol. The number of rotatable bonds is 6. The largest absolute Gasteiger partial charge is 0.491 e. The first-order valence-corrected chi connectivity index (χ1v) is 7.87. The molecule has 1 aromatic carbocycles. The molecule has 0 bridgehead atoms. The second-order valence-corrected chi connectivity index (χ2v) is 6.11. The Bertz CT molecular complexity index is 664. The number of benzene rings is 1. The van der Waals surface area contributed by atoms with Crippen LogP contribution in [0.15, 0.2) is 36.5 Å². The summed E-state index contributed by atoms with van der Waals surface area (Å²) in [4.78, 5) is 14.4. The molecule has 124 valence electrons. The molecular weight excluding hydrogens is 290 g/mol. The van der Waals surface area contributed by atoms with Gasteiger partial charge in [-0.15, -0.1) is 0 Å². The maximum atomic E-state index is 12.6. The van der Waals surface area contributed by atoms with E-state index in [1.807, 2.05) is 65.2 Å². The van der Waals surface area contributed by atoms with Crippen LogP contribution in [0.2, 0.25) is 0 Å². The Morgan fingerprint density at radius 2 is 2.04 bits per heavy atom. The van der Waals surface area contributed by atoms with Gasteiger partial charge in [-0.3, -0.25) is 9.48 Å². The van der Waals surface area contributed by atoms with E-state index in [4.69, 9.17) is 4.74 Å². The van der Waals surface area contributed by atoms with Crippen molar-refractivity contribution < 1.29 is 9.53 Å². The van der Waals surface area contributed by atoms with Crippen molar-refractivity contribution in [3.8, 4) is 5.75 Å². The van der Waals surface area contributed by atoms with E-state index in [-0.39, 0.29) is 17.9 Å². The van der Waals surface area contributed by atoms with Crippen LogP contribution in [0.4, 0.5) is 0 Å². The van der Waals surface area contributed by atoms with Crippen LogP contribution < -0.4 is 4.74 Å². The molecule has 0 spiro atoms. The average molecular weight is 315 g/mol. The van der Waals surface area contributed by atoms with Crippen LogP contribution in [-0.4, -0.2) is 33.7 Å². The van der Waals surface area contributed by atoms with Gasteiger partial charge in [0.2, 0.25) is 5.91 Å². The van der Waals surface area contributed by atoms with Crippen LogP contribution in [0, 0.1) is 0 Å². The van der Waals surface area contributed by atoms with Crippen molar-refractivity contribution in [3.63, 3.8) is 0 Å². The van der Waals surface area contributed by atoms with Crippen molar-refractivity contribution in [1.29, 1.82) is 0 Å². The van der Waals surface area contributed by atoms with Crippen LogP contribution in [0.1, 0.15) is 37.9 Å². The van der Waals surface area contributed by atoms with Gasteiger partial charge in [-0.2, -0.15) is 5.10 Å². The highest BCUT2D eigenvalue weighted by Crippen LogP contribution is 2.20. The van der Waals surface area contributed by atoms with Crippen LogP contribution >= 0.6 is 0 Å². The Balaban J connectivity index is 2.05. The lowest BCUT2D eigenvalue weighted by atomic mass is 10.1. The summed E-state index contributed by atoms with van der Waals surface area (Å²) < 4.78 is 7.45. The topological polar surface area (TPSA) is 47.4 Å². The van der Waals surface area contributed by atoms with Crippen molar-refractivity contribution in [2.24, 2.45) is 7.05 Å². The molecule has 1 aromatic heterocycles. The number of hydrogen-bond acceptors (Lipinski definition) is 3. The van der Waals surface area contributed by atoms with Crippen LogP contribution in [0.5, 0.6) is 5.75 Å². The number of hydrogen-bond donors (Lipinski definition) is 0. The minimum absolute atomic E-state index is 0.0729. The van der Waals surface area contributed by atoms with Gasteiger partial charge in [0, 0.05) is 26.8 Å². The Morgan fingerprint density at radius 1 is 1.30 bits per heavy atom. The fourth-order valence-electron chi connectivity index (χ4n) is 2.61. The molecule has 0 N–H and O–H groups in total. The Morgan fingerprint density at radius 3 is 2.65 bits per heavy atom. The minimum Gasteiger partial charge on any atom is -0.491 e. The first kappa shape index (κ1) is 17.1. The number of ether oxygens (including phenoxy) is 1. The molecule has 1 amide bonds. The zero-order valence-electron chi connectivity index (χ0n) is 14.5. The standard InChI is InChI=1S/C18H25N3O2/c1-13(2)23-16-8-6-7-15(11-16)12-20(4)18(22)14(3)17-9-10-19-21(17)5/h6-11,13-14H,12H2,1-5H3. The lowest BCUT2D eigenvalue weighted by molar-refractivity contribution is -0.131. The molecular formula is C18H25N3O2. The first-order chi connectivity index (χ1) is 10.9. The molecule has 1 atom stereocenters. The molecule has 0 aliphatic carbocycles. The van der Waals surface area contributed by atoms with Crippen LogP contribution in [-0.2, 0) is 18.4 Å². The van der Waals surface area contributed by atoms with Gasteiger partial charge in [0.15, 0.2) is 0 Å². The fraction of sp³-hybridized carbons (Fsp3) is 0.444. The maximum Gasteiger partial charge on any atom is 0.231 e. The van der Waals surface area contributed by atoms with Gasteiger partial charge in [0.25, 0.3) is 0 Å². The lowest BCUT2D eigenvalue weighted by Crippen LogP contribution is -2.31. The summed E-state index contributed by atoms with van der Waals surface area (Å²) in [7, 11) is 3.68. The first-order valence-electron chi connectivity index (χ1n) is 7.87. The highest BCUT2D eigenvalue weighted by molar-refractivity contribution is 5.82. The highest BCUT2D eigenvalue weighted by Gasteiger charge is 2.21. The fourth-order valence-corrected chi connectivity index (χ4v) is 2.61. The Hall–Kier alpha value is -2.30. The molecule has 0 aliphatic heterocycles. The number of amides is 1. The van der Waals surface area contributed by atoms with E-state index in [0.717, 1.165) is 17.0 Å². The van der Waals surface area contributed by atoms with Crippen molar-refractivity contribution in [3.05, 3.63) is 47.8 Å². The number of carbonyl (C=O) groups is 1. The third kappa shape index (κ3) is 4.34. The molecule has 0 aliphatic rings. The summed E-state index contributed by atoms with van der Waals surface area (Å²) in [5.41, 5.74) is 1.97. The van der Waals surface area contributed by atoms with E-state index in [1.54, 1.807) is 15.8 Å². The molecule has 0 saturated carbocycles. The normalized spacial score (nSPS) is 12.3. The van der Waals surface area contributed by atoms with Gasteiger partial charge < -0.3 is 9.64 Å². The average Bonchev–Trinajstić information content (AvgIpc) is 2.91. The quantitative estimate of drug-likeness (QED) is 0.823. The van der Waals surface area contributed by atoms with E-state index in [1.165, 1.54) is 0 Å². The molecule has 1 heterocycles. The number of carbonyl (C=O) groups excluding carboxylic acids is 1. The molecule has 23 heavy (non-hydrogen) atoms. The SMILES string of the molecule is CC(C)Oc1cccc(CN(C)C(=O)C(C)c2ccnn2C)c1. The van der Waals surface area contributed by atoms with Crippen molar-refractivity contribution in [1.82, 2.24) is 14.7 Å². The smallest absolute Gasteiger partial charge is 0.231 e. The summed E-state index contributed by atoms with van der Waals surface area (Å²) in [6, 6.07) is 9.76. The molecule has 5 heteroatoms. The third-order valence-corrected chi connectivity index (χ3v) is 3.74. The second-order valence-electron chi connectivity index (χ2n) is 6.11. The van der Waals surface area contributed by atoms with Gasteiger partial charge in [0.05, 0.1) is 17.7 Å². The van der Waals surface area contributed by atoms with E-state index >= 15 is 0 Å². The molecule has 2 aromatic rings. The van der Waals surface area contributed by atoms with Crippen molar-refractivity contribution in [2.45, 2.75) is 39.3 Å². The van der Waals surface area contributed by atoms with Gasteiger partial charge in [-0.25, -0.2) is 0 Å². The summed E-state index contributed by atoms with van der Waals surface area (Å²) in [6.45, 7) is 6.46. The molecule has 5 nitrogen and oxygen atoms in total. The minimum atomic E-state index is -0.220. The zero-order chi connectivity index (χ0) is 17.0. The second kappa shape index (κ2) is 7.31. The maximum absolute atomic E-state index is 12.6. The summed E-state index contributed by atoms with van der Waals surface area (Å²) in [5.74, 6) is 0.685. The summed E-state index contributed by atoms with van der Waals surface area (Å²) >= 11 is 0. The Labute approximate surface area is 137 Å². The summed E-state index contributed by atoms with van der Waals surface area (Å²) in [5, 5.41) is 4.13. The number of likely N-dealkylation sites (N-methyl/N-ethyl adjacent to an activating group) is 1. The molecule has 2 rings (SSSR count). The third-order valence-electron chi connectivity index (χ3n) is 3.74. The monoisotopic (exact) mass is 315 g/mol. The van der Waals surface area contributed by atoms with E-state index < -0.39 is 0 Å².